The first-order valence-corrected chi connectivity index (χ1v) is 7.81. The molecule has 0 aromatic heterocycles. The molecule has 1 aliphatic carbocycles. The molecule has 0 saturated heterocycles. The first-order chi connectivity index (χ1) is 9.60. The van der Waals surface area contributed by atoms with Gasteiger partial charge in [0.05, 0.1) is 0 Å². The van der Waals surface area contributed by atoms with Crippen LogP contribution in [-0.2, 0) is 0 Å². The van der Waals surface area contributed by atoms with Crippen LogP contribution in [0.1, 0.15) is 64.0 Å². The van der Waals surface area contributed by atoms with E-state index >= 15 is 0 Å². The second-order valence-electron chi connectivity index (χ2n) is 6.06. The van der Waals surface area contributed by atoms with E-state index in [4.69, 9.17) is 0 Å². The van der Waals surface area contributed by atoms with E-state index in [1.165, 1.54) is 43.9 Å². The van der Waals surface area contributed by atoms with E-state index in [9.17, 15) is 8.78 Å². The summed E-state index contributed by atoms with van der Waals surface area (Å²) in [5.74, 6) is 0.159. The topological polar surface area (TPSA) is 12.0 Å². The van der Waals surface area contributed by atoms with Crippen LogP contribution in [0.3, 0.4) is 0 Å². The normalized spacial score (nSPS) is 24.6. The summed E-state index contributed by atoms with van der Waals surface area (Å²) in [5.41, 5.74) is 0.431. The monoisotopic (exact) mass is 281 g/mol. The van der Waals surface area contributed by atoms with E-state index in [0.717, 1.165) is 18.8 Å². The smallest absolute Gasteiger partial charge is 0.128 e. The van der Waals surface area contributed by atoms with Gasteiger partial charge in [0, 0.05) is 17.6 Å². The molecular formula is C17H25F2N. The first-order valence-electron chi connectivity index (χ1n) is 7.81. The molecule has 0 aliphatic heterocycles. The van der Waals surface area contributed by atoms with Crippen LogP contribution in [0.4, 0.5) is 8.78 Å². The molecule has 112 valence electrons. The molecule has 2 rings (SSSR count). The Morgan fingerprint density at radius 2 is 1.90 bits per heavy atom. The van der Waals surface area contributed by atoms with Crippen molar-refractivity contribution < 1.29 is 8.78 Å². The van der Waals surface area contributed by atoms with Gasteiger partial charge in [0.2, 0.25) is 0 Å². The molecule has 1 aromatic rings. The van der Waals surface area contributed by atoms with Crippen LogP contribution in [0, 0.1) is 17.6 Å². The summed E-state index contributed by atoms with van der Waals surface area (Å²) >= 11 is 0. The van der Waals surface area contributed by atoms with Gasteiger partial charge in [-0.25, -0.2) is 8.78 Å². The summed E-state index contributed by atoms with van der Waals surface area (Å²) in [6.07, 6.45) is 7.38. The van der Waals surface area contributed by atoms with E-state index in [2.05, 4.69) is 12.2 Å². The molecule has 1 aromatic carbocycles. The van der Waals surface area contributed by atoms with E-state index in [1.807, 2.05) is 6.92 Å². The van der Waals surface area contributed by atoms with Crippen molar-refractivity contribution >= 4 is 0 Å². The molecule has 20 heavy (non-hydrogen) atoms. The predicted octanol–water partition coefficient (Wildman–Crippen LogP) is 4.97. The maximum Gasteiger partial charge on any atom is 0.128 e. The molecule has 1 atom stereocenters. The standard InChI is InChI=1S/C17H25F2N/c1-3-4-13-5-8-15(9-6-13)20-12(2)16-11-14(18)7-10-17(16)19/h7,10-13,15,20H,3-6,8-9H2,1-2H3. The molecule has 0 amide bonds. The van der Waals surface area contributed by atoms with Gasteiger partial charge in [-0.3, -0.25) is 0 Å². The van der Waals surface area contributed by atoms with Gasteiger partial charge >= 0.3 is 0 Å². The molecule has 1 nitrogen and oxygen atoms in total. The molecule has 1 saturated carbocycles. The number of benzene rings is 1. The van der Waals surface area contributed by atoms with Gasteiger partial charge in [0.1, 0.15) is 11.6 Å². The fourth-order valence-electron chi connectivity index (χ4n) is 3.32. The van der Waals surface area contributed by atoms with Crippen molar-refractivity contribution in [3.63, 3.8) is 0 Å². The SMILES string of the molecule is CCCC1CCC(NC(C)c2cc(F)ccc2F)CC1. The molecule has 0 heterocycles. The highest BCUT2D eigenvalue weighted by atomic mass is 19.1. The number of hydrogen-bond donors (Lipinski definition) is 1. The largest absolute Gasteiger partial charge is 0.307 e. The Bertz CT molecular complexity index is 425. The van der Waals surface area contributed by atoms with Crippen molar-refractivity contribution in [2.45, 2.75) is 64.5 Å². The predicted molar refractivity (Wildman–Crippen MR) is 78.6 cm³/mol. The second kappa shape index (κ2) is 7.16. The summed E-state index contributed by atoms with van der Waals surface area (Å²) < 4.78 is 27.0. The Kier molecular flexibility index (Phi) is 5.53. The molecule has 3 heteroatoms. The molecule has 0 spiro atoms. The van der Waals surface area contributed by atoms with Crippen LogP contribution in [0.5, 0.6) is 0 Å². The van der Waals surface area contributed by atoms with Crippen LogP contribution < -0.4 is 5.32 Å². The summed E-state index contributed by atoms with van der Waals surface area (Å²) in [7, 11) is 0. The Balaban J connectivity index is 1.89. The Hall–Kier alpha value is -0.960. The van der Waals surface area contributed by atoms with Crippen LogP contribution in [-0.4, -0.2) is 6.04 Å². The highest BCUT2D eigenvalue weighted by Crippen LogP contribution is 2.29. The fourth-order valence-corrected chi connectivity index (χ4v) is 3.32. The number of rotatable bonds is 5. The Morgan fingerprint density at radius 3 is 2.55 bits per heavy atom. The lowest BCUT2D eigenvalue weighted by molar-refractivity contribution is 0.265. The zero-order chi connectivity index (χ0) is 14.5. The molecule has 0 radical (unpaired) electrons. The maximum absolute atomic E-state index is 13.7. The lowest BCUT2D eigenvalue weighted by Crippen LogP contribution is -2.35. The maximum atomic E-state index is 13.7. The van der Waals surface area contributed by atoms with E-state index in [-0.39, 0.29) is 17.7 Å². The minimum Gasteiger partial charge on any atom is -0.307 e. The molecule has 1 N–H and O–H groups in total. The molecule has 1 unspecified atom stereocenters. The zero-order valence-electron chi connectivity index (χ0n) is 12.5. The number of hydrogen-bond acceptors (Lipinski definition) is 1. The van der Waals surface area contributed by atoms with E-state index < -0.39 is 0 Å². The van der Waals surface area contributed by atoms with Gasteiger partial charge in [0.15, 0.2) is 0 Å². The van der Waals surface area contributed by atoms with Crippen molar-refractivity contribution in [2.75, 3.05) is 0 Å². The van der Waals surface area contributed by atoms with Crippen molar-refractivity contribution in [1.29, 1.82) is 0 Å². The zero-order valence-corrected chi connectivity index (χ0v) is 12.5. The number of nitrogens with one attached hydrogen (secondary N) is 1. The summed E-state index contributed by atoms with van der Waals surface area (Å²) in [6, 6.07) is 3.97. The van der Waals surface area contributed by atoms with Gasteiger partial charge in [-0.15, -0.1) is 0 Å². The Morgan fingerprint density at radius 1 is 1.20 bits per heavy atom. The quantitative estimate of drug-likeness (QED) is 0.803. The first kappa shape index (κ1) is 15.4. The fraction of sp³-hybridized carbons (Fsp3) is 0.647. The van der Waals surface area contributed by atoms with E-state index in [0.29, 0.717) is 11.6 Å². The molecule has 0 bridgehead atoms. The molecule has 1 aliphatic rings. The third kappa shape index (κ3) is 4.02. The van der Waals surface area contributed by atoms with Gasteiger partial charge in [-0.05, 0) is 56.7 Å². The lowest BCUT2D eigenvalue weighted by Gasteiger charge is -2.31. The van der Waals surface area contributed by atoms with Crippen LogP contribution >= 0.6 is 0 Å². The molecule has 1 fully saturated rings. The summed E-state index contributed by atoms with van der Waals surface area (Å²) in [6.45, 7) is 4.15. The lowest BCUT2D eigenvalue weighted by atomic mass is 9.83. The second-order valence-corrected chi connectivity index (χ2v) is 6.06. The van der Waals surface area contributed by atoms with Crippen molar-refractivity contribution in [3.05, 3.63) is 35.4 Å². The average Bonchev–Trinajstić information content (AvgIpc) is 2.44. The highest BCUT2D eigenvalue weighted by Gasteiger charge is 2.22. The number of halogens is 2. The van der Waals surface area contributed by atoms with Crippen LogP contribution in [0.15, 0.2) is 18.2 Å². The van der Waals surface area contributed by atoms with Gasteiger partial charge in [-0.1, -0.05) is 19.8 Å². The van der Waals surface area contributed by atoms with Gasteiger partial charge in [-0.2, -0.15) is 0 Å². The van der Waals surface area contributed by atoms with Crippen molar-refractivity contribution in [2.24, 2.45) is 5.92 Å². The van der Waals surface area contributed by atoms with Crippen molar-refractivity contribution in [1.82, 2.24) is 5.32 Å². The Labute approximate surface area is 120 Å². The minimum atomic E-state index is -0.373. The van der Waals surface area contributed by atoms with Crippen molar-refractivity contribution in [3.8, 4) is 0 Å². The average molecular weight is 281 g/mol. The van der Waals surface area contributed by atoms with Gasteiger partial charge in [0.25, 0.3) is 0 Å². The summed E-state index contributed by atoms with van der Waals surface area (Å²) in [4.78, 5) is 0. The third-order valence-corrected chi connectivity index (χ3v) is 4.45. The molecular weight excluding hydrogens is 256 g/mol. The summed E-state index contributed by atoms with van der Waals surface area (Å²) in [5, 5.41) is 3.46. The van der Waals surface area contributed by atoms with Gasteiger partial charge < -0.3 is 5.32 Å². The minimum absolute atomic E-state index is 0.140. The third-order valence-electron chi connectivity index (χ3n) is 4.45. The van der Waals surface area contributed by atoms with Crippen LogP contribution in [0.2, 0.25) is 0 Å². The van der Waals surface area contributed by atoms with Crippen LogP contribution in [0.25, 0.3) is 0 Å². The highest BCUT2D eigenvalue weighted by molar-refractivity contribution is 5.22. The van der Waals surface area contributed by atoms with E-state index in [1.54, 1.807) is 0 Å².